The fraction of sp³-hybridized carbons (Fsp3) is 0.250. The van der Waals surface area contributed by atoms with Gasteiger partial charge >= 0.3 is 0 Å². The number of amides is 2. The van der Waals surface area contributed by atoms with Gasteiger partial charge in [0.05, 0.1) is 30.8 Å². The molecule has 2 amide bonds. The summed E-state index contributed by atoms with van der Waals surface area (Å²) in [6.07, 6.45) is 2.43. The third kappa shape index (κ3) is 9.15. The van der Waals surface area contributed by atoms with Crippen molar-refractivity contribution in [3.8, 4) is 11.5 Å². The number of benzene rings is 3. The van der Waals surface area contributed by atoms with Gasteiger partial charge in [0.2, 0.25) is 10.0 Å². The smallest absolute Gasteiger partial charge is 0.260 e. The lowest BCUT2D eigenvalue weighted by Crippen LogP contribution is -2.39. The van der Waals surface area contributed by atoms with E-state index in [1.54, 1.807) is 55.5 Å². The molecule has 39 heavy (non-hydrogen) atoms. The first-order valence-corrected chi connectivity index (χ1v) is 14.1. The van der Waals surface area contributed by atoms with Crippen LogP contribution in [0.4, 0.5) is 5.69 Å². The van der Waals surface area contributed by atoms with Gasteiger partial charge in [0.1, 0.15) is 18.0 Å². The Morgan fingerprint density at radius 3 is 2.28 bits per heavy atom. The Morgan fingerprint density at radius 2 is 1.62 bits per heavy atom. The maximum atomic E-state index is 12.5. The van der Waals surface area contributed by atoms with Crippen molar-refractivity contribution < 1.29 is 27.5 Å². The normalized spacial score (nSPS) is 12.0. The Labute approximate surface area is 228 Å². The molecule has 0 bridgehead atoms. The highest BCUT2D eigenvalue weighted by atomic mass is 32.2. The first kappa shape index (κ1) is 29.2. The molecule has 0 fully saturated rings. The third-order valence-electron chi connectivity index (χ3n) is 5.45. The second kappa shape index (κ2) is 14.0. The summed E-state index contributed by atoms with van der Waals surface area (Å²) in [6, 6.07) is 22.8. The molecule has 0 spiro atoms. The van der Waals surface area contributed by atoms with E-state index in [-0.39, 0.29) is 24.2 Å². The van der Waals surface area contributed by atoms with Crippen LogP contribution in [-0.4, -0.2) is 52.5 Å². The van der Waals surface area contributed by atoms with Crippen LogP contribution in [-0.2, 0) is 19.6 Å². The molecular weight excluding hydrogens is 520 g/mol. The van der Waals surface area contributed by atoms with E-state index in [0.717, 1.165) is 16.1 Å². The van der Waals surface area contributed by atoms with E-state index >= 15 is 0 Å². The highest BCUT2D eigenvalue weighted by molar-refractivity contribution is 7.92. The molecule has 10 nitrogen and oxygen atoms in total. The first-order chi connectivity index (χ1) is 18.7. The largest absolute Gasteiger partial charge is 0.492 e. The van der Waals surface area contributed by atoms with Crippen LogP contribution in [0.2, 0.25) is 0 Å². The molecular formula is C28H32N4O6S. The molecule has 0 aliphatic carbocycles. The fourth-order valence-corrected chi connectivity index (χ4v) is 4.43. The number of hydrogen-bond donors (Lipinski definition) is 2. The summed E-state index contributed by atoms with van der Waals surface area (Å²) in [7, 11) is -3.77. The molecule has 2 N–H and O–H groups in total. The van der Waals surface area contributed by atoms with Crippen molar-refractivity contribution >= 4 is 33.7 Å². The van der Waals surface area contributed by atoms with Gasteiger partial charge in [-0.3, -0.25) is 13.9 Å². The number of ether oxygens (including phenoxy) is 2. The summed E-state index contributed by atoms with van der Waals surface area (Å²) in [5.41, 5.74) is 4.26. The molecule has 0 radical (unpaired) electrons. The van der Waals surface area contributed by atoms with Crippen LogP contribution in [0.15, 0.2) is 84.0 Å². The molecule has 3 aromatic carbocycles. The number of hydrogen-bond acceptors (Lipinski definition) is 7. The molecule has 0 saturated carbocycles. The number of rotatable bonds is 13. The number of para-hydroxylation sites is 2. The van der Waals surface area contributed by atoms with Crippen molar-refractivity contribution in [3.05, 3.63) is 90.0 Å². The van der Waals surface area contributed by atoms with E-state index in [0.29, 0.717) is 23.7 Å². The number of hydrazone groups is 1. The van der Waals surface area contributed by atoms with Crippen molar-refractivity contribution in [1.82, 2.24) is 10.7 Å². The Balaban J connectivity index is 1.51. The van der Waals surface area contributed by atoms with Gasteiger partial charge in [-0.15, -0.1) is 0 Å². The Kier molecular flexibility index (Phi) is 10.4. The lowest BCUT2D eigenvalue weighted by Gasteiger charge is -2.23. The van der Waals surface area contributed by atoms with Crippen LogP contribution in [0.3, 0.4) is 0 Å². The van der Waals surface area contributed by atoms with E-state index in [2.05, 4.69) is 15.8 Å². The molecule has 11 heteroatoms. The zero-order valence-electron chi connectivity index (χ0n) is 22.0. The zero-order valence-corrected chi connectivity index (χ0v) is 22.9. The second-order valence-electron chi connectivity index (χ2n) is 8.52. The number of carbonyl (C=O) groups is 2. The van der Waals surface area contributed by atoms with E-state index < -0.39 is 22.5 Å². The molecule has 0 saturated heterocycles. The minimum Gasteiger partial charge on any atom is -0.492 e. The van der Waals surface area contributed by atoms with Crippen LogP contribution in [0, 0.1) is 0 Å². The van der Waals surface area contributed by atoms with E-state index in [1.165, 1.54) is 6.21 Å². The molecule has 0 aliphatic rings. The molecule has 0 aliphatic heterocycles. The Morgan fingerprint density at radius 1 is 0.949 bits per heavy atom. The minimum absolute atomic E-state index is 0.135. The maximum absolute atomic E-state index is 12.5. The molecule has 0 aromatic heterocycles. The Bertz CT molecular complexity index is 1380. The SMILES string of the molecule is CCOc1ccccc1N(CC(=O)N/N=C\c1ccc(OCC(=O)N[C@H](C)c2ccccc2)cc1)S(C)(=O)=O. The quantitative estimate of drug-likeness (QED) is 0.248. The van der Waals surface area contributed by atoms with Crippen molar-refractivity contribution in [2.24, 2.45) is 5.10 Å². The highest BCUT2D eigenvalue weighted by Gasteiger charge is 2.23. The summed E-state index contributed by atoms with van der Waals surface area (Å²) in [5, 5.41) is 6.80. The van der Waals surface area contributed by atoms with Crippen LogP contribution in [0.1, 0.15) is 31.0 Å². The lowest BCUT2D eigenvalue weighted by atomic mass is 10.1. The predicted octanol–water partition coefficient (Wildman–Crippen LogP) is 3.26. The average molecular weight is 553 g/mol. The van der Waals surface area contributed by atoms with Crippen molar-refractivity contribution in [2.45, 2.75) is 19.9 Å². The first-order valence-electron chi connectivity index (χ1n) is 12.3. The summed E-state index contributed by atoms with van der Waals surface area (Å²) in [5.74, 6) is -0.0203. The molecule has 3 rings (SSSR count). The highest BCUT2D eigenvalue weighted by Crippen LogP contribution is 2.29. The average Bonchev–Trinajstić information content (AvgIpc) is 2.92. The van der Waals surface area contributed by atoms with Crippen LogP contribution >= 0.6 is 0 Å². The second-order valence-corrected chi connectivity index (χ2v) is 10.4. The van der Waals surface area contributed by atoms with Crippen molar-refractivity contribution in [3.63, 3.8) is 0 Å². The summed E-state index contributed by atoms with van der Waals surface area (Å²) in [6.45, 7) is 3.42. The fourth-order valence-electron chi connectivity index (χ4n) is 3.57. The van der Waals surface area contributed by atoms with Crippen LogP contribution in [0.25, 0.3) is 0 Å². The van der Waals surface area contributed by atoms with Gasteiger partial charge in [-0.2, -0.15) is 5.10 Å². The maximum Gasteiger partial charge on any atom is 0.260 e. The number of nitrogens with one attached hydrogen (secondary N) is 2. The molecule has 3 aromatic rings. The standard InChI is InChI=1S/C28H32N4O6S/c1-4-37-26-13-9-8-12-25(26)32(39(3,35)36)19-27(33)31-29-18-22-14-16-24(17-15-22)38-20-28(34)30-21(2)23-10-6-5-7-11-23/h5-18,21H,4,19-20H2,1-3H3,(H,30,34)(H,31,33)/b29-18-/t21-/m1/s1. The molecule has 0 heterocycles. The number of nitrogens with zero attached hydrogens (tertiary/aromatic N) is 2. The van der Waals surface area contributed by atoms with Gasteiger partial charge in [0.25, 0.3) is 11.8 Å². The van der Waals surface area contributed by atoms with Crippen molar-refractivity contribution in [1.29, 1.82) is 0 Å². The van der Waals surface area contributed by atoms with Crippen molar-refractivity contribution in [2.75, 3.05) is 30.3 Å². The van der Waals surface area contributed by atoms with E-state index in [1.807, 2.05) is 37.3 Å². The minimum atomic E-state index is -3.77. The van der Waals surface area contributed by atoms with Gasteiger partial charge in [0.15, 0.2) is 6.61 Å². The van der Waals surface area contributed by atoms with Gasteiger partial charge in [-0.1, -0.05) is 42.5 Å². The van der Waals surface area contributed by atoms with E-state index in [4.69, 9.17) is 9.47 Å². The summed E-state index contributed by atoms with van der Waals surface area (Å²) in [4.78, 5) is 24.7. The van der Waals surface area contributed by atoms with Crippen LogP contribution in [0.5, 0.6) is 11.5 Å². The monoisotopic (exact) mass is 552 g/mol. The predicted molar refractivity (Wildman–Crippen MR) is 150 cm³/mol. The Hall–Kier alpha value is -4.38. The van der Waals surface area contributed by atoms with Gasteiger partial charge in [0, 0.05) is 0 Å². The van der Waals surface area contributed by atoms with Gasteiger partial charge < -0.3 is 14.8 Å². The number of carbonyl (C=O) groups excluding carboxylic acids is 2. The molecule has 206 valence electrons. The third-order valence-corrected chi connectivity index (χ3v) is 6.58. The summed E-state index contributed by atoms with van der Waals surface area (Å²) >= 11 is 0. The topological polar surface area (TPSA) is 126 Å². The van der Waals surface area contributed by atoms with Gasteiger partial charge in [-0.05, 0) is 61.4 Å². The lowest BCUT2D eigenvalue weighted by molar-refractivity contribution is -0.123. The van der Waals surface area contributed by atoms with E-state index in [9.17, 15) is 18.0 Å². The number of anilines is 1. The summed E-state index contributed by atoms with van der Waals surface area (Å²) < 4.78 is 36.8. The van der Waals surface area contributed by atoms with Gasteiger partial charge in [-0.25, -0.2) is 13.8 Å². The number of sulfonamides is 1. The molecule has 1 atom stereocenters. The zero-order chi connectivity index (χ0) is 28.3. The van der Waals surface area contributed by atoms with Crippen LogP contribution < -0.4 is 24.5 Å². The molecule has 0 unspecified atom stereocenters.